The number of rotatable bonds is 0. The van der Waals surface area contributed by atoms with Crippen LogP contribution in [0.2, 0.25) is 0 Å². The molecule has 0 bridgehead atoms. The summed E-state index contributed by atoms with van der Waals surface area (Å²) >= 11 is 0. The molecule has 0 aliphatic carbocycles. The maximum Gasteiger partial charge on any atom is 0.154 e. The molecular formula is C10H13N3. The first-order chi connectivity index (χ1) is 6.07. The van der Waals surface area contributed by atoms with E-state index in [9.17, 15) is 0 Å². The quantitative estimate of drug-likeness (QED) is 0.613. The van der Waals surface area contributed by atoms with Crippen molar-refractivity contribution in [3.63, 3.8) is 0 Å². The molecule has 2 aromatic rings. The zero-order valence-electron chi connectivity index (χ0n) is 8.15. The lowest BCUT2D eigenvalue weighted by atomic mass is 9.96. The van der Waals surface area contributed by atoms with E-state index in [0.29, 0.717) is 0 Å². The van der Waals surface area contributed by atoms with E-state index in [1.54, 1.807) is 0 Å². The van der Waals surface area contributed by atoms with E-state index in [-0.39, 0.29) is 5.41 Å². The van der Waals surface area contributed by atoms with Crippen LogP contribution in [0.25, 0.3) is 5.52 Å². The number of fused-ring (bicyclic) bond motifs is 1. The van der Waals surface area contributed by atoms with Gasteiger partial charge in [0, 0.05) is 11.6 Å². The summed E-state index contributed by atoms with van der Waals surface area (Å²) in [5, 5.41) is 4.41. The molecule has 13 heavy (non-hydrogen) atoms. The fourth-order valence-corrected chi connectivity index (χ4v) is 1.18. The zero-order valence-corrected chi connectivity index (χ0v) is 8.15. The van der Waals surface area contributed by atoms with Gasteiger partial charge < -0.3 is 0 Å². The SMILES string of the molecule is CC(C)(C)c1ncc2cccn2n1. The Balaban J connectivity index is 2.61. The predicted octanol–water partition coefficient (Wildman–Crippen LogP) is 2.03. The first-order valence-corrected chi connectivity index (χ1v) is 4.38. The third kappa shape index (κ3) is 1.41. The van der Waals surface area contributed by atoms with Gasteiger partial charge >= 0.3 is 0 Å². The Hall–Kier alpha value is -1.38. The molecular weight excluding hydrogens is 162 g/mol. The lowest BCUT2D eigenvalue weighted by molar-refractivity contribution is 0.529. The molecule has 0 aromatic carbocycles. The minimum atomic E-state index is 0.0124. The Morgan fingerprint density at radius 3 is 2.77 bits per heavy atom. The normalized spacial score (nSPS) is 12.2. The van der Waals surface area contributed by atoms with Gasteiger partial charge in [0.1, 0.15) is 0 Å². The largest absolute Gasteiger partial charge is 0.238 e. The molecule has 0 aliphatic rings. The van der Waals surface area contributed by atoms with E-state index >= 15 is 0 Å². The van der Waals surface area contributed by atoms with Crippen molar-refractivity contribution in [3.05, 3.63) is 30.4 Å². The molecule has 0 saturated heterocycles. The van der Waals surface area contributed by atoms with Crippen LogP contribution in [0.3, 0.4) is 0 Å². The van der Waals surface area contributed by atoms with Crippen LogP contribution < -0.4 is 0 Å². The van der Waals surface area contributed by atoms with E-state index in [1.807, 2.05) is 29.0 Å². The van der Waals surface area contributed by atoms with Gasteiger partial charge in [0.2, 0.25) is 0 Å². The molecule has 0 radical (unpaired) electrons. The van der Waals surface area contributed by atoms with E-state index in [1.165, 1.54) is 0 Å². The van der Waals surface area contributed by atoms with Crippen LogP contribution in [0.5, 0.6) is 0 Å². The molecule has 0 atom stereocenters. The van der Waals surface area contributed by atoms with Crippen molar-refractivity contribution in [2.75, 3.05) is 0 Å². The van der Waals surface area contributed by atoms with Crippen LogP contribution in [0.1, 0.15) is 26.6 Å². The Labute approximate surface area is 77.4 Å². The van der Waals surface area contributed by atoms with Crippen LogP contribution in [-0.2, 0) is 5.41 Å². The summed E-state index contributed by atoms with van der Waals surface area (Å²) < 4.78 is 1.85. The minimum Gasteiger partial charge on any atom is -0.238 e. The Morgan fingerprint density at radius 1 is 1.31 bits per heavy atom. The van der Waals surface area contributed by atoms with Crippen molar-refractivity contribution in [3.8, 4) is 0 Å². The molecule has 0 fully saturated rings. The van der Waals surface area contributed by atoms with Gasteiger partial charge in [-0.2, -0.15) is 5.10 Å². The second-order valence-electron chi connectivity index (χ2n) is 4.21. The Kier molecular flexibility index (Phi) is 1.62. The molecule has 3 heteroatoms. The minimum absolute atomic E-state index is 0.0124. The second kappa shape index (κ2) is 2.55. The smallest absolute Gasteiger partial charge is 0.154 e. The lowest BCUT2D eigenvalue weighted by Crippen LogP contribution is -2.17. The van der Waals surface area contributed by atoms with Crippen LogP contribution in [-0.4, -0.2) is 14.6 Å². The summed E-state index contributed by atoms with van der Waals surface area (Å²) in [7, 11) is 0. The fourth-order valence-electron chi connectivity index (χ4n) is 1.18. The van der Waals surface area contributed by atoms with Crippen molar-refractivity contribution in [1.29, 1.82) is 0 Å². The number of hydrogen-bond acceptors (Lipinski definition) is 2. The molecule has 2 rings (SSSR count). The van der Waals surface area contributed by atoms with Crippen molar-refractivity contribution in [1.82, 2.24) is 14.6 Å². The van der Waals surface area contributed by atoms with Gasteiger partial charge in [0.05, 0.1) is 11.7 Å². The molecule has 0 amide bonds. The highest BCUT2D eigenvalue weighted by molar-refractivity contribution is 5.43. The zero-order chi connectivity index (χ0) is 9.47. The molecule has 0 saturated carbocycles. The van der Waals surface area contributed by atoms with Crippen LogP contribution in [0.15, 0.2) is 24.5 Å². The highest BCUT2D eigenvalue weighted by Gasteiger charge is 2.17. The topological polar surface area (TPSA) is 30.2 Å². The summed E-state index contributed by atoms with van der Waals surface area (Å²) in [5.74, 6) is 0.871. The van der Waals surface area contributed by atoms with Crippen LogP contribution >= 0.6 is 0 Å². The lowest BCUT2D eigenvalue weighted by Gasteiger charge is -2.15. The van der Waals surface area contributed by atoms with Gasteiger partial charge in [-0.05, 0) is 12.1 Å². The van der Waals surface area contributed by atoms with Gasteiger partial charge in [-0.1, -0.05) is 20.8 Å². The fraction of sp³-hybridized carbons (Fsp3) is 0.400. The molecule has 68 valence electrons. The van der Waals surface area contributed by atoms with E-state index < -0.39 is 0 Å². The molecule has 0 aliphatic heterocycles. The third-order valence-electron chi connectivity index (χ3n) is 1.95. The summed E-state index contributed by atoms with van der Waals surface area (Å²) in [5.41, 5.74) is 1.05. The highest BCUT2D eigenvalue weighted by atomic mass is 15.2. The van der Waals surface area contributed by atoms with E-state index in [2.05, 4.69) is 30.9 Å². The predicted molar refractivity (Wildman–Crippen MR) is 51.7 cm³/mol. The monoisotopic (exact) mass is 175 g/mol. The van der Waals surface area contributed by atoms with Crippen LogP contribution in [0.4, 0.5) is 0 Å². The molecule has 0 N–H and O–H groups in total. The third-order valence-corrected chi connectivity index (χ3v) is 1.95. The first kappa shape index (κ1) is 8.23. The Morgan fingerprint density at radius 2 is 2.08 bits per heavy atom. The summed E-state index contributed by atoms with van der Waals surface area (Å²) in [6.45, 7) is 6.33. The number of aromatic nitrogens is 3. The van der Waals surface area contributed by atoms with Gasteiger partial charge in [0.15, 0.2) is 5.82 Å². The number of hydrogen-bond donors (Lipinski definition) is 0. The van der Waals surface area contributed by atoms with Crippen LogP contribution in [0, 0.1) is 0 Å². The van der Waals surface area contributed by atoms with Gasteiger partial charge in [-0.3, -0.25) is 0 Å². The highest BCUT2D eigenvalue weighted by Crippen LogP contribution is 2.17. The number of nitrogens with zero attached hydrogens (tertiary/aromatic N) is 3. The van der Waals surface area contributed by atoms with E-state index in [4.69, 9.17) is 0 Å². The molecule has 3 nitrogen and oxygen atoms in total. The van der Waals surface area contributed by atoms with Gasteiger partial charge in [0.25, 0.3) is 0 Å². The standard InChI is InChI=1S/C10H13N3/c1-10(2,3)9-11-7-8-5-4-6-13(8)12-9/h4-7H,1-3H3. The van der Waals surface area contributed by atoms with Gasteiger partial charge in [-0.25, -0.2) is 9.50 Å². The van der Waals surface area contributed by atoms with Gasteiger partial charge in [-0.15, -0.1) is 0 Å². The maximum atomic E-state index is 4.41. The molecule has 2 aromatic heterocycles. The van der Waals surface area contributed by atoms with Crippen molar-refractivity contribution < 1.29 is 0 Å². The van der Waals surface area contributed by atoms with E-state index in [0.717, 1.165) is 11.3 Å². The average molecular weight is 175 g/mol. The molecule has 0 unspecified atom stereocenters. The Bertz CT molecular complexity index is 423. The first-order valence-electron chi connectivity index (χ1n) is 4.38. The molecule has 0 spiro atoms. The van der Waals surface area contributed by atoms with Crippen molar-refractivity contribution in [2.24, 2.45) is 0 Å². The van der Waals surface area contributed by atoms with Crippen molar-refractivity contribution in [2.45, 2.75) is 26.2 Å². The summed E-state index contributed by atoms with van der Waals surface area (Å²) in [6.07, 6.45) is 3.79. The average Bonchev–Trinajstić information content (AvgIpc) is 2.47. The second-order valence-corrected chi connectivity index (χ2v) is 4.21. The summed E-state index contributed by atoms with van der Waals surface area (Å²) in [6, 6.07) is 3.96. The molecule has 2 heterocycles. The maximum absolute atomic E-state index is 4.41. The summed E-state index contributed by atoms with van der Waals surface area (Å²) in [4.78, 5) is 4.32. The van der Waals surface area contributed by atoms with Crippen molar-refractivity contribution >= 4 is 5.52 Å².